The van der Waals surface area contributed by atoms with Crippen molar-refractivity contribution in [2.24, 2.45) is 10.6 Å². The molecule has 1 aliphatic heterocycles. The van der Waals surface area contributed by atoms with Gasteiger partial charge < -0.3 is 15.0 Å². The summed E-state index contributed by atoms with van der Waals surface area (Å²) < 4.78 is 97.1. The third-order valence-corrected chi connectivity index (χ3v) is 6.17. The summed E-state index contributed by atoms with van der Waals surface area (Å²) >= 11 is 0. The van der Waals surface area contributed by atoms with Crippen LogP contribution >= 0.6 is 0 Å². The molecule has 1 aromatic heterocycles. The van der Waals surface area contributed by atoms with Gasteiger partial charge >= 0.3 is 6.18 Å². The minimum Gasteiger partial charge on any atom is -0.491 e. The van der Waals surface area contributed by atoms with Crippen molar-refractivity contribution >= 4 is 27.3 Å². The van der Waals surface area contributed by atoms with Gasteiger partial charge in [0.1, 0.15) is 6.04 Å². The topological polar surface area (TPSA) is 115 Å². The van der Waals surface area contributed by atoms with Crippen molar-refractivity contribution in [3.63, 3.8) is 0 Å². The first-order chi connectivity index (χ1) is 15.2. The molecule has 3 rings (SSSR count). The highest BCUT2D eigenvalue weighted by Gasteiger charge is 2.59. The van der Waals surface area contributed by atoms with Crippen molar-refractivity contribution in [3.05, 3.63) is 42.1 Å². The summed E-state index contributed by atoms with van der Waals surface area (Å²) in [6.45, 7) is 0.167. The molecule has 2 atom stereocenters. The highest BCUT2D eigenvalue weighted by atomic mass is 32.2. The van der Waals surface area contributed by atoms with Crippen molar-refractivity contribution in [1.29, 1.82) is 0 Å². The number of amides is 1. The number of hydrogen-bond donors (Lipinski definition) is 2. The Labute approximate surface area is 185 Å². The lowest BCUT2D eigenvalue weighted by atomic mass is 9.87. The molecule has 0 aliphatic carbocycles. The Hall–Kier alpha value is -3.00. The Balaban J connectivity index is 2.02. The summed E-state index contributed by atoms with van der Waals surface area (Å²) in [6, 6.07) is 2.40. The highest BCUT2D eigenvalue weighted by Crippen LogP contribution is 2.50. The maximum absolute atomic E-state index is 14.2. The summed E-state index contributed by atoms with van der Waals surface area (Å²) in [5, 5.41) is 6.77. The van der Waals surface area contributed by atoms with Gasteiger partial charge in [-0.05, 0) is 31.5 Å². The Morgan fingerprint density at radius 3 is 2.55 bits per heavy atom. The fourth-order valence-electron chi connectivity index (χ4n) is 3.59. The molecule has 0 saturated carbocycles. The lowest BCUT2D eigenvalue weighted by Gasteiger charge is -2.29. The number of sulfonamides is 1. The zero-order valence-corrected chi connectivity index (χ0v) is 18.1. The van der Waals surface area contributed by atoms with Crippen LogP contribution in [0.25, 0.3) is 0 Å². The minimum atomic E-state index is -4.72. The van der Waals surface area contributed by atoms with E-state index in [1.54, 1.807) is 0 Å². The van der Waals surface area contributed by atoms with Crippen LogP contribution in [0.2, 0.25) is 0 Å². The van der Waals surface area contributed by atoms with E-state index in [2.05, 4.69) is 10.3 Å². The maximum atomic E-state index is 14.2. The number of nitrogens with zero attached hydrogens (tertiary/aromatic N) is 2. The number of aromatic nitrogens is 1. The number of methoxy groups -OCH3 is 1. The summed E-state index contributed by atoms with van der Waals surface area (Å²) in [5.74, 6) is -4.29. The Kier molecular flexibility index (Phi) is 6.28. The predicted octanol–water partition coefficient (Wildman–Crippen LogP) is 2.80. The fraction of sp³-hybridized carbons (Fsp3) is 0.368. The van der Waals surface area contributed by atoms with Gasteiger partial charge in [0, 0.05) is 24.5 Å². The molecule has 1 saturated heterocycles. The molecule has 33 heavy (non-hydrogen) atoms. The lowest BCUT2D eigenvalue weighted by molar-refractivity contribution is -0.210. The summed E-state index contributed by atoms with van der Waals surface area (Å²) in [5.41, 5.74) is -2.70. The van der Waals surface area contributed by atoms with Crippen LogP contribution in [0.4, 0.5) is 33.3 Å². The number of ether oxygens (including phenoxy) is 1. The van der Waals surface area contributed by atoms with Crippen LogP contribution in [0.15, 0.2) is 35.5 Å². The van der Waals surface area contributed by atoms with Crippen molar-refractivity contribution in [3.8, 4) is 5.75 Å². The number of pyridine rings is 1. The number of halogens is 5. The van der Waals surface area contributed by atoms with E-state index in [4.69, 9.17) is 9.88 Å². The summed E-state index contributed by atoms with van der Waals surface area (Å²) in [6.07, 6.45) is -4.39. The summed E-state index contributed by atoms with van der Waals surface area (Å²) in [4.78, 5) is 17.5. The van der Waals surface area contributed by atoms with Crippen LogP contribution in [0.1, 0.15) is 13.3 Å². The van der Waals surface area contributed by atoms with Gasteiger partial charge in [-0.1, -0.05) is 0 Å². The molecule has 1 aromatic carbocycles. The first-order valence-electron chi connectivity index (χ1n) is 9.33. The second kappa shape index (κ2) is 8.41. The Morgan fingerprint density at radius 2 is 1.97 bits per heavy atom. The fourth-order valence-corrected chi connectivity index (χ4v) is 4.09. The molecule has 0 spiro atoms. The largest absolute Gasteiger partial charge is 0.491 e. The molecule has 14 heteroatoms. The van der Waals surface area contributed by atoms with E-state index in [9.17, 15) is 35.2 Å². The zero-order chi connectivity index (χ0) is 24.8. The van der Waals surface area contributed by atoms with Gasteiger partial charge in [-0.3, -0.25) is 4.79 Å². The van der Waals surface area contributed by atoms with Crippen LogP contribution in [-0.4, -0.2) is 45.2 Å². The van der Waals surface area contributed by atoms with E-state index in [0.717, 1.165) is 37.3 Å². The van der Waals surface area contributed by atoms with E-state index in [-0.39, 0.29) is 11.4 Å². The van der Waals surface area contributed by atoms with Gasteiger partial charge in [0.15, 0.2) is 16.6 Å². The number of carbonyl (C=O) groups is 1. The molecule has 0 radical (unpaired) electrons. The number of nitrogens with one attached hydrogen (secondary N) is 1. The van der Waals surface area contributed by atoms with E-state index in [0.29, 0.717) is 6.07 Å². The molecule has 1 fully saturated rings. The molecule has 2 unspecified atom stereocenters. The molecular weight excluding hydrogens is 475 g/mol. The smallest absolute Gasteiger partial charge is 0.396 e. The third kappa shape index (κ3) is 4.71. The van der Waals surface area contributed by atoms with Crippen LogP contribution in [0, 0.1) is 17.0 Å². The number of rotatable bonds is 5. The van der Waals surface area contributed by atoms with Gasteiger partial charge in [-0.25, -0.2) is 22.9 Å². The summed E-state index contributed by atoms with van der Waals surface area (Å²) in [7, 11) is -3.19. The third-order valence-electron chi connectivity index (χ3n) is 5.36. The average molecular weight is 494 g/mol. The molecule has 0 bridgehead atoms. The second-order valence-electron chi connectivity index (χ2n) is 7.74. The first kappa shape index (κ1) is 24.6. The molecular formula is C19H19F5N4O4S. The van der Waals surface area contributed by atoms with Crippen LogP contribution in [0.3, 0.4) is 0 Å². The molecule has 8 nitrogen and oxygen atoms in total. The molecule has 3 N–H and O–H groups in total. The number of anilines is 2. The average Bonchev–Trinajstić information content (AvgIpc) is 3.08. The molecule has 1 amide bonds. The predicted molar refractivity (Wildman–Crippen MR) is 107 cm³/mol. The van der Waals surface area contributed by atoms with Crippen molar-refractivity contribution in [1.82, 2.24) is 4.98 Å². The van der Waals surface area contributed by atoms with Gasteiger partial charge in [-0.15, -0.1) is 0 Å². The van der Waals surface area contributed by atoms with Crippen molar-refractivity contribution in [2.45, 2.75) is 30.6 Å². The first-order valence-corrected chi connectivity index (χ1v) is 10.9. The molecule has 180 valence electrons. The van der Waals surface area contributed by atoms with E-state index in [1.165, 1.54) is 6.07 Å². The van der Waals surface area contributed by atoms with Crippen LogP contribution in [-0.2, 0) is 14.8 Å². The van der Waals surface area contributed by atoms with Crippen LogP contribution in [0.5, 0.6) is 5.75 Å². The van der Waals surface area contributed by atoms with Gasteiger partial charge in [-0.2, -0.15) is 17.6 Å². The normalized spacial score (nSPS) is 21.2. The number of carbonyl (C=O) groups excluding carboxylic acids is 1. The zero-order valence-electron chi connectivity index (χ0n) is 17.3. The number of primary sulfonamides is 1. The quantitative estimate of drug-likeness (QED) is 0.618. The molecule has 2 heterocycles. The molecule has 2 aromatic rings. The van der Waals surface area contributed by atoms with E-state index >= 15 is 0 Å². The van der Waals surface area contributed by atoms with E-state index in [1.807, 2.05) is 0 Å². The Morgan fingerprint density at radius 1 is 1.30 bits per heavy atom. The van der Waals surface area contributed by atoms with Gasteiger partial charge in [0.2, 0.25) is 11.7 Å². The van der Waals surface area contributed by atoms with Gasteiger partial charge in [0.05, 0.1) is 18.2 Å². The maximum Gasteiger partial charge on any atom is 0.396 e. The van der Waals surface area contributed by atoms with Crippen molar-refractivity contribution < 1.29 is 39.9 Å². The Bertz CT molecular complexity index is 1190. The van der Waals surface area contributed by atoms with E-state index < -0.39 is 68.9 Å². The monoisotopic (exact) mass is 494 g/mol. The minimum absolute atomic E-state index is 0.0863. The standard InChI is InChI=1S/C19H19F5N4O4S/c1-18(19(22,23)24)8-13(17(29)27-10-5-6-26-14(7-10)33(25,30)31)28(9-18)12-4-3-11(20)15(21)16(12)32-2/h3-7,13H,8-9H2,1-2H3,(H2,25,30,31)(H,26,27,29). The van der Waals surface area contributed by atoms with Crippen molar-refractivity contribution in [2.75, 3.05) is 23.9 Å². The number of benzene rings is 1. The number of hydrogen-bond acceptors (Lipinski definition) is 6. The number of nitrogens with two attached hydrogens (primary N) is 1. The number of alkyl halides is 3. The van der Waals surface area contributed by atoms with Gasteiger partial charge in [0.25, 0.3) is 10.0 Å². The molecule has 1 aliphatic rings. The second-order valence-corrected chi connectivity index (χ2v) is 9.25. The SMILES string of the molecule is COc1c(N2CC(C)(C(F)(F)F)CC2C(=O)Nc2ccnc(S(N)(=O)=O)c2)ccc(F)c1F. The lowest BCUT2D eigenvalue weighted by Crippen LogP contribution is -2.40. The highest BCUT2D eigenvalue weighted by molar-refractivity contribution is 7.89. The van der Waals surface area contributed by atoms with Crippen LogP contribution < -0.4 is 20.1 Å².